The van der Waals surface area contributed by atoms with E-state index in [2.05, 4.69) is 26.2 Å². The maximum Gasteiger partial charge on any atom is 0.137 e. The Bertz CT molecular complexity index is 720. The molecule has 1 saturated carbocycles. The summed E-state index contributed by atoms with van der Waals surface area (Å²) in [5.74, 6) is 0.842. The summed E-state index contributed by atoms with van der Waals surface area (Å²) < 4.78 is 0. The van der Waals surface area contributed by atoms with E-state index in [-0.39, 0.29) is 0 Å². The summed E-state index contributed by atoms with van der Waals surface area (Å²) in [6, 6.07) is 2.30. The minimum atomic E-state index is 0.842. The van der Waals surface area contributed by atoms with Gasteiger partial charge in [-0.3, -0.25) is 5.10 Å². The van der Waals surface area contributed by atoms with Crippen LogP contribution in [0.2, 0.25) is 0 Å². The lowest BCUT2D eigenvalue weighted by Gasteiger charge is -2.21. The van der Waals surface area contributed by atoms with E-state index in [0.717, 1.165) is 17.1 Å². The average molecular weight is 280 g/mol. The van der Waals surface area contributed by atoms with E-state index in [0.29, 0.717) is 0 Å². The maximum absolute atomic E-state index is 4.59. The van der Waals surface area contributed by atoms with Crippen LogP contribution in [0.4, 0.5) is 0 Å². The molecule has 0 radical (unpaired) electrons. The van der Waals surface area contributed by atoms with Gasteiger partial charge in [-0.1, -0.05) is 32.1 Å². The normalized spacial score (nSPS) is 16.6. The second-order valence-corrected chi connectivity index (χ2v) is 6.14. The molecule has 0 atom stereocenters. The molecule has 4 heteroatoms. The molecule has 0 aliphatic heterocycles. The average Bonchev–Trinajstić information content (AvgIpc) is 3.16. The Morgan fingerprint density at radius 3 is 2.81 bits per heavy atom. The van der Waals surface area contributed by atoms with Crippen molar-refractivity contribution in [2.75, 3.05) is 0 Å². The van der Waals surface area contributed by atoms with Crippen molar-refractivity contribution in [1.29, 1.82) is 0 Å². The van der Waals surface area contributed by atoms with Crippen molar-refractivity contribution in [1.82, 2.24) is 20.2 Å². The molecule has 21 heavy (non-hydrogen) atoms. The highest BCUT2D eigenvalue weighted by atomic mass is 15.1. The Labute approximate surface area is 124 Å². The first-order valence-electron chi connectivity index (χ1n) is 7.85. The number of nitrogens with zero attached hydrogens (tertiary/aromatic N) is 2. The molecule has 0 spiro atoms. The lowest BCUT2D eigenvalue weighted by atomic mass is 9.85. The second kappa shape index (κ2) is 5.35. The van der Waals surface area contributed by atoms with Gasteiger partial charge in [-0.2, -0.15) is 5.10 Å². The molecule has 108 valence electrons. The molecule has 1 aliphatic carbocycles. The summed E-state index contributed by atoms with van der Waals surface area (Å²) >= 11 is 0. The number of hydrogen-bond acceptors (Lipinski definition) is 2. The van der Waals surface area contributed by atoms with Gasteiger partial charge < -0.3 is 4.98 Å². The van der Waals surface area contributed by atoms with Crippen LogP contribution in [-0.4, -0.2) is 20.2 Å². The fourth-order valence-electron chi connectivity index (χ4n) is 3.52. The molecule has 3 aromatic heterocycles. The van der Waals surface area contributed by atoms with E-state index in [1.54, 1.807) is 0 Å². The molecule has 3 heterocycles. The molecular weight excluding hydrogens is 260 g/mol. The van der Waals surface area contributed by atoms with Gasteiger partial charge in [-0.25, -0.2) is 4.98 Å². The van der Waals surface area contributed by atoms with Gasteiger partial charge in [0, 0.05) is 35.1 Å². The zero-order chi connectivity index (χ0) is 14.1. The molecular formula is C17H20N4. The van der Waals surface area contributed by atoms with Gasteiger partial charge in [0.05, 0.1) is 6.20 Å². The number of fused-ring (bicyclic) bond motifs is 1. The summed E-state index contributed by atoms with van der Waals surface area (Å²) in [6.45, 7) is 0. The number of rotatable bonds is 3. The summed E-state index contributed by atoms with van der Waals surface area (Å²) in [4.78, 5) is 7.85. The zero-order valence-corrected chi connectivity index (χ0v) is 12.1. The Morgan fingerprint density at radius 2 is 2.00 bits per heavy atom. The predicted molar refractivity (Wildman–Crippen MR) is 84.0 cm³/mol. The van der Waals surface area contributed by atoms with Crippen molar-refractivity contribution in [3.8, 4) is 11.1 Å². The van der Waals surface area contributed by atoms with Crippen molar-refractivity contribution in [3.63, 3.8) is 0 Å². The zero-order valence-electron chi connectivity index (χ0n) is 12.1. The van der Waals surface area contributed by atoms with Crippen molar-refractivity contribution < 1.29 is 0 Å². The second-order valence-electron chi connectivity index (χ2n) is 6.14. The first kappa shape index (κ1) is 12.6. The fourth-order valence-corrected chi connectivity index (χ4v) is 3.52. The van der Waals surface area contributed by atoms with Gasteiger partial charge in [-0.05, 0) is 24.0 Å². The third-order valence-electron chi connectivity index (χ3n) is 4.65. The smallest absolute Gasteiger partial charge is 0.137 e. The van der Waals surface area contributed by atoms with Crippen molar-refractivity contribution in [2.45, 2.75) is 38.5 Å². The van der Waals surface area contributed by atoms with E-state index in [4.69, 9.17) is 0 Å². The predicted octanol–water partition coefficient (Wildman–Crippen LogP) is 4.08. The van der Waals surface area contributed by atoms with Crippen LogP contribution in [-0.2, 0) is 6.42 Å². The third-order valence-corrected chi connectivity index (χ3v) is 4.65. The molecule has 0 unspecified atom stereocenters. The summed E-state index contributed by atoms with van der Waals surface area (Å²) in [5.41, 5.74) is 4.60. The first-order chi connectivity index (χ1) is 10.4. The summed E-state index contributed by atoms with van der Waals surface area (Å²) in [5, 5.41) is 8.12. The van der Waals surface area contributed by atoms with Gasteiger partial charge in [0.1, 0.15) is 5.65 Å². The van der Waals surface area contributed by atoms with E-state index in [1.165, 1.54) is 55.0 Å². The molecule has 0 aromatic carbocycles. The van der Waals surface area contributed by atoms with Gasteiger partial charge >= 0.3 is 0 Å². The number of aromatic nitrogens is 4. The monoisotopic (exact) mass is 280 g/mol. The lowest BCUT2D eigenvalue weighted by molar-refractivity contribution is 0.356. The standard InChI is InChI=1S/C17H20N4/c1-2-4-12(5-3-1)6-13-7-15-16(14-9-20-21-10-14)11-19-17(15)18-8-13/h7-12H,1-6H2,(H,18,19)(H,20,21). The van der Waals surface area contributed by atoms with Crippen LogP contribution in [0, 0.1) is 5.92 Å². The Hall–Kier alpha value is -2.10. The quantitative estimate of drug-likeness (QED) is 0.759. The van der Waals surface area contributed by atoms with Gasteiger partial charge in [0.25, 0.3) is 0 Å². The minimum absolute atomic E-state index is 0.842. The first-order valence-corrected chi connectivity index (χ1v) is 7.85. The van der Waals surface area contributed by atoms with Crippen LogP contribution >= 0.6 is 0 Å². The Morgan fingerprint density at radius 1 is 1.10 bits per heavy atom. The minimum Gasteiger partial charge on any atom is -0.346 e. The molecule has 1 aliphatic rings. The molecule has 0 saturated heterocycles. The van der Waals surface area contributed by atoms with E-state index in [1.807, 2.05) is 24.8 Å². The Balaban J connectivity index is 1.66. The molecule has 1 fully saturated rings. The van der Waals surface area contributed by atoms with Crippen LogP contribution in [0.1, 0.15) is 37.7 Å². The van der Waals surface area contributed by atoms with E-state index < -0.39 is 0 Å². The SMILES string of the molecule is c1nc2[nH]cc(-c3cn[nH]c3)c2cc1CC1CCCCC1. The van der Waals surface area contributed by atoms with Crippen LogP contribution < -0.4 is 0 Å². The lowest BCUT2D eigenvalue weighted by Crippen LogP contribution is -2.09. The molecule has 0 amide bonds. The fraction of sp³-hybridized carbons (Fsp3) is 0.412. The largest absolute Gasteiger partial charge is 0.346 e. The molecule has 2 N–H and O–H groups in total. The van der Waals surface area contributed by atoms with E-state index in [9.17, 15) is 0 Å². The van der Waals surface area contributed by atoms with Crippen molar-refractivity contribution in [2.24, 2.45) is 5.92 Å². The highest BCUT2D eigenvalue weighted by molar-refractivity contribution is 5.93. The van der Waals surface area contributed by atoms with Gasteiger partial charge in [0.2, 0.25) is 0 Å². The van der Waals surface area contributed by atoms with E-state index >= 15 is 0 Å². The summed E-state index contributed by atoms with van der Waals surface area (Å²) in [7, 11) is 0. The molecule has 4 rings (SSSR count). The van der Waals surface area contributed by atoms with Crippen LogP contribution in [0.5, 0.6) is 0 Å². The van der Waals surface area contributed by atoms with Crippen molar-refractivity contribution >= 4 is 11.0 Å². The Kier molecular flexibility index (Phi) is 3.22. The maximum atomic E-state index is 4.59. The highest BCUT2D eigenvalue weighted by Crippen LogP contribution is 2.30. The van der Waals surface area contributed by atoms with Crippen LogP contribution in [0.15, 0.2) is 30.9 Å². The summed E-state index contributed by atoms with van der Waals surface area (Å²) in [6.07, 6.45) is 16.0. The van der Waals surface area contributed by atoms with Crippen LogP contribution in [0.3, 0.4) is 0 Å². The molecule has 0 bridgehead atoms. The number of hydrogen-bond donors (Lipinski definition) is 2. The third kappa shape index (κ3) is 2.46. The van der Waals surface area contributed by atoms with Gasteiger partial charge in [-0.15, -0.1) is 0 Å². The molecule has 3 aromatic rings. The van der Waals surface area contributed by atoms with Crippen molar-refractivity contribution in [3.05, 3.63) is 36.4 Å². The number of aromatic amines is 2. The van der Waals surface area contributed by atoms with Gasteiger partial charge in [0.15, 0.2) is 0 Å². The topological polar surface area (TPSA) is 57.4 Å². The molecule has 4 nitrogen and oxygen atoms in total. The number of pyridine rings is 1. The number of H-pyrrole nitrogens is 2. The highest BCUT2D eigenvalue weighted by Gasteiger charge is 2.15. The van der Waals surface area contributed by atoms with Crippen LogP contribution in [0.25, 0.3) is 22.2 Å². The number of nitrogens with one attached hydrogen (secondary N) is 2.